The van der Waals surface area contributed by atoms with Crippen LogP contribution in [0.3, 0.4) is 0 Å². The molecule has 1 aliphatic rings. The van der Waals surface area contributed by atoms with Gasteiger partial charge < -0.3 is 9.80 Å². The highest BCUT2D eigenvalue weighted by Gasteiger charge is 2.16. The predicted molar refractivity (Wildman–Crippen MR) is 125 cm³/mol. The lowest BCUT2D eigenvalue weighted by Gasteiger charge is -2.34. The molecule has 3 heterocycles. The summed E-state index contributed by atoms with van der Waals surface area (Å²) in [5.41, 5.74) is 5.38. The molecule has 0 aliphatic carbocycles. The first kappa shape index (κ1) is 19.8. The van der Waals surface area contributed by atoms with E-state index in [2.05, 4.69) is 44.2 Å². The van der Waals surface area contributed by atoms with Crippen LogP contribution in [0.5, 0.6) is 0 Å². The van der Waals surface area contributed by atoms with Crippen LogP contribution in [0.15, 0.2) is 60.2 Å². The van der Waals surface area contributed by atoms with Gasteiger partial charge in [-0.1, -0.05) is 35.6 Å². The maximum absolute atomic E-state index is 13.0. The topological polar surface area (TPSA) is 62.2 Å². The lowest BCUT2D eigenvalue weighted by molar-refractivity contribution is 0.0992. The van der Waals surface area contributed by atoms with Gasteiger partial charge in [-0.3, -0.25) is 9.78 Å². The standard InChI is InChI=1S/C24H23N5OS/c1-28-7-9-29(10-8-28)22-4-2-3-17(13-22)23(30)14-21-12-20-11-18(24-27-26-16-31-24)5-6-19(20)15-25-21/h2-6,11-13,15-16H,7-10,14H2,1H3. The Morgan fingerprint density at radius 3 is 2.71 bits per heavy atom. The third kappa shape index (κ3) is 4.33. The van der Waals surface area contributed by atoms with Crippen LogP contribution >= 0.6 is 11.3 Å². The summed E-state index contributed by atoms with van der Waals surface area (Å²) >= 11 is 1.51. The zero-order chi connectivity index (χ0) is 21.2. The minimum Gasteiger partial charge on any atom is -0.369 e. The van der Waals surface area contributed by atoms with Gasteiger partial charge in [0.2, 0.25) is 0 Å². The van der Waals surface area contributed by atoms with Gasteiger partial charge in [-0.2, -0.15) is 0 Å². The van der Waals surface area contributed by atoms with Gasteiger partial charge in [0, 0.05) is 60.3 Å². The molecule has 2 aromatic heterocycles. The van der Waals surface area contributed by atoms with Gasteiger partial charge in [-0.15, -0.1) is 10.2 Å². The first-order valence-corrected chi connectivity index (χ1v) is 11.3. The molecule has 0 saturated carbocycles. The maximum Gasteiger partial charge on any atom is 0.168 e. The number of aromatic nitrogens is 3. The van der Waals surface area contributed by atoms with Gasteiger partial charge in [-0.05, 0) is 36.7 Å². The number of carbonyl (C=O) groups is 1. The fourth-order valence-corrected chi connectivity index (χ4v) is 4.47. The van der Waals surface area contributed by atoms with Crippen LogP contribution in [-0.4, -0.2) is 59.1 Å². The molecule has 0 radical (unpaired) electrons. The molecule has 6 nitrogen and oxygen atoms in total. The molecule has 5 rings (SSSR count). The number of anilines is 1. The van der Waals surface area contributed by atoms with Crippen LogP contribution in [0.4, 0.5) is 5.69 Å². The van der Waals surface area contributed by atoms with Crippen LogP contribution in [-0.2, 0) is 6.42 Å². The van der Waals surface area contributed by atoms with Crippen LogP contribution in [0.25, 0.3) is 21.3 Å². The molecule has 0 spiro atoms. The Bertz CT molecular complexity index is 1220. The molecule has 1 fully saturated rings. The van der Waals surface area contributed by atoms with Crippen LogP contribution in [0.2, 0.25) is 0 Å². The number of benzene rings is 2. The highest BCUT2D eigenvalue weighted by molar-refractivity contribution is 7.12. The number of pyridine rings is 1. The third-order valence-electron chi connectivity index (χ3n) is 5.76. The summed E-state index contributed by atoms with van der Waals surface area (Å²) in [5.74, 6) is 0.0862. The van der Waals surface area contributed by atoms with Gasteiger partial charge in [0.25, 0.3) is 0 Å². The molecule has 156 valence electrons. The monoisotopic (exact) mass is 429 g/mol. The summed E-state index contributed by atoms with van der Waals surface area (Å²) in [6, 6.07) is 16.1. The van der Waals surface area contributed by atoms with Crippen molar-refractivity contribution in [3.05, 3.63) is 71.5 Å². The van der Waals surface area contributed by atoms with Crippen LogP contribution < -0.4 is 4.90 Å². The molecule has 1 aliphatic heterocycles. The fraction of sp³-hybridized carbons (Fsp3) is 0.250. The maximum atomic E-state index is 13.0. The number of likely N-dealkylation sites (N-methyl/N-ethyl adjacent to an activating group) is 1. The third-order valence-corrected chi connectivity index (χ3v) is 6.50. The van der Waals surface area contributed by atoms with Gasteiger partial charge in [0.05, 0.1) is 6.42 Å². The first-order chi connectivity index (χ1) is 15.2. The molecular formula is C24H23N5OS. The van der Waals surface area contributed by atoms with E-state index in [4.69, 9.17) is 0 Å². The van der Waals surface area contributed by atoms with Crippen LogP contribution in [0, 0.1) is 0 Å². The zero-order valence-corrected chi connectivity index (χ0v) is 18.2. The SMILES string of the molecule is CN1CCN(c2cccc(C(=O)Cc3cc4cc(-c5nncs5)ccc4cn3)c2)CC1. The Balaban J connectivity index is 1.35. The minimum absolute atomic E-state index is 0.0862. The second-order valence-corrected chi connectivity index (χ2v) is 8.76. The summed E-state index contributed by atoms with van der Waals surface area (Å²) in [5, 5.41) is 11.0. The summed E-state index contributed by atoms with van der Waals surface area (Å²) in [6.45, 7) is 4.05. The normalized spacial score (nSPS) is 14.8. The number of piperazine rings is 1. The van der Waals surface area contributed by atoms with Crippen molar-refractivity contribution in [3.63, 3.8) is 0 Å². The minimum atomic E-state index is 0.0862. The summed E-state index contributed by atoms with van der Waals surface area (Å²) in [4.78, 5) is 22.2. The average molecular weight is 430 g/mol. The van der Waals surface area contributed by atoms with Crippen molar-refractivity contribution in [2.75, 3.05) is 38.1 Å². The lowest BCUT2D eigenvalue weighted by atomic mass is 10.0. The van der Waals surface area contributed by atoms with Crippen molar-refractivity contribution in [2.45, 2.75) is 6.42 Å². The number of nitrogens with zero attached hydrogens (tertiary/aromatic N) is 5. The van der Waals surface area contributed by atoms with Gasteiger partial charge in [0.1, 0.15) is 10.5 Å². The van der Waals surface area contributed by atoms with Crippen molar-refractivity contribution in [3.8, 4) is 10.6 Å². The molecule has 7 heteroatoms. The Kier molecular flexibility index (Phi) is 5.44. The van der Waals surface area contributed by atoms with Crippen molar-refractivity contribution in [2.24, 2.45) is 0 Å². The highest BCUT2D eigenvalue weighted by atomic mass is 32.1. The smallest absolute Gasteiger partial charge is 0.168 e. The van der Waals surface area contributed by atoms with E-state index in [0.29, 0.717) is 0 Å². The molecule has 4 aromatic rings. The Labute approximate surface area is 185 Å². The number of Topliss-reactive ketones (excluding diaryl/α,β-unsaturated/α-hetero) is 1. The van der Waals surface area contributed by atoms with Gasteiger partial charge in [0.15, 0.2) is 5.78 Å². The van der Waals surface area contributed by atoms with Crippen molar-refractivity contribution >= 4 is 33.6 Å². The van der Waals surface area contributed by atoms with E-state index >= 15 is 0 Å². The number of rotatable bonds is 5. The molecule has 0 N–H and O–H groups in total. The van der Waals surface area contributed by atoms with Crippen LogP contribution in [0.1, 0.15) is 16.1 Å². The Morgan fingerprint density at radius 1 is 1.03 bits per heavy atom. The average Bonchev–Trinajstić information content (AvgIpc) is 3.34. The van der Waals surface area contributed by atoms with Gasteiger partial charge >= 0.3 is 0 Å². The van der Waals surface area contributed by atoms with E-state index in [1.165, 1.54) is 11.3 Å². The van der Waals surface area contributed by atoms with E-state index < -0.39 is 0 Å². The molecule has 0 unspecified atom stereocenters. The predicted octanol–water partition coefficient (Wildman–Crippen LogP) is 3.93. The molecule has 31 heavy (non-hydrogen) atoms. The Hall–Kier alpha value is -3.16. The zero-order valence-electron chi connectivity index (χ0n) is 17.4. The molecule has 0 amide bonds. The first-order valence-electron chi connectivity index (χ1n) is 10.4. The Morgan fingerprint density at radius 2 is 1.90 bits per heavy atom. The van der Waals surface area contributed by atoms with Crippen molar-refractivity contribution in [1.29, 1.82) is 0 Å². The van der Waals surface area contributed by atoms with E-state index in [-0.39, 0.29) is 12.2 Å². The molecule has 0 bridgehead atoms. The molecular weight excluding hydrogens is 406 g/mol. The molecule has 1 saturated heterocycles. The second kappa shape index (κ2) is 8.53. The number of hydrogen-bond acceptors (Lipinski definition) is 7. The number of carbonyl (C=O) groups excluding carboxylic acids is 1. The van der Waals surface area contributed by atoms with E-state index in [9.17, 15) is 4.79 Å². The molecule has 2 aromatic carbocycles. The van der Waals surface area contributed by atoms with Gasteiger partial charge in [-0.25, -0.2) is 0 Å². The summed E-state index contributed by atoms with van der Waals surface area (Å²) in [6.07, 6.45) is 2.12. The largest absolute Gasteiger partial charge is 0.369 e. The lowest BCUT2D eigenvalue weighted by Crippen LogP contribution is -2.44. The highest BCUT2D eigenvalue weighted by Crippen LogP contribution is 2.26. The second-order valence-electron chi connectivity index (χ2n) is 7.92. The fourth-order valence-electron chi connectivity index (χ4n) is 3.92. The summed E-state index contributed by atoms with van der Waals surface area (Å²) < 4.78 is 0. The number of hydrogen-bond donors (Lipinski definition) is 0. The van der Waals surface area contributed by atoms with E-state index in [0.717, 1.165) is 64.5 Å². The molecule has 0 atom stereocenters. The quantitative estimate of drug-likeness (QED) is 0.448. The number of ketones is 1. The number of fused-ring (bicyclic) bond motifs is 1. The summed E-state index contributed by atoms with van der Waals surface area (Å²) in [7, 11) is 2.14. The van der Waals surface area contributed by atoms with E-state index in [1.807, 2.05) is 42.6 Å². The van der Waals surface area contributed by atoms with E-state index in [1.54, 1.807) is 5.51 Å². The van der Waals surface area contributed by atoms with Crippen molar-refractivity contribution < 1.29 is 4.79 Å². The van der Waals surface area contributed by atoms with Crippen molar-refractivity contribution in [1.82, 2.24) is 20.1 Å².